The van der Waals surface area contributed by atoms with Crippen molar-refractivity contribution in [2.45, 2.75) is 17.7 Å². The van der Waals surface area contributed by atoms with Crippen LogP contribution in [-0.2, 0) is 14.8 Å². The van der Waals surface area contributed by atoms with Gasteiger partial charge in [-0.15, -0.1) is 0 Å². The van der Waals surface area contributed by atoms with Crippen LogP contribution in [0.4, 0.5) is 0 Å². The minimum Gasteiger partial charge on any atom is -0.481 e. The summed E-state index contributed by atoms with van der Waals surface area (Å²) in [5.41, 5.74) is 0.579. The highest BCUT2D eigenvalue weighted by Crippen LogP contribution is 2.31. The van der Waals surface area contributed by atoms with Crippen LogP contribution in [-0.4, -0.2) is 23.5 Å². The van der Waals surface area contributed by atoms with Crippen LogP contribution in [0.3, 0.4) is 0 Å². The molecular weight excluding hydrogens is 350 g/mol. The quantitative estimate of drug-likeness (QED) is 0.766. The summed E-state index contributed by atoms with van der Waals surface area (Å²) in [6.07, 6.45) is 0. The highest BCUT2D eigenvalue weighted by molar-refractivity contribution is 7.90. The second-order valence-electron chi connectivity index (χ2n) is 5.41. The fourth-order valence-corrected chi connectivity index (χ4v) is 4.38. The van der Waals surface area contributed by atoms with E-state index in [1.807, 2.05) is 0 Å². The number of carboxylic acids is 1. The normalized spacial score (nSPS) is 13.1. The third-order valence-electron chi connectivity index (χ3n) is 3.84. The first-order valence-electron chi connectivity index (χ1n) is 7.16. The van der Waals surface area contributed by atoms with E-state index in [-0.39, 0.29) is 10.6 Å². The summed E-state index contributed by atoms with van der Waals surface area (Å²) < 4.78 is 27.2. The number of benzene rings is 2. The number of hydrogen-bond donors (Lipinski definition) is 1. The van der Waals surface area contributed by atoms with Crippen LogP contribution in [0, 0.1) is 0 Å². The van der Waals surface area contributed by atoms with Crippen LogP contribution in [0.5, 0.6) is 0 Å². The Morgan fingerprint density at radius 1 is 1.12 bits per heavy atom. The number of hydrogen-bond acceptors (Lipinski definition) is 3. The molecule has 1 atom stereocenters. The number of nitrogens with zero attached hydrogens (tertiary/aromatic N) is 1. The molecule has 0 aliphatic heterocycles. The van der Waals surface area contributed by atoms with Crippen molar-refractivity contribution in [3.05, 3.63) is 65.3 Å². The maximum Gasteiger partial charge on any atom is 0.312 e. The van der Waals surface area contributed by atoms with Gasteiger partial charge in [0.15, 0.2) is 0 Å². The molecule has 3 aromatic rings. The zero-order valence-corrected chi connectivity index (χ0v) is 14.3. The van der Waals surface area contributed by atoms with Gasteiger partial charge in [0, 0.05) is 16.1 Å². The van der Waals surface area contributed by atoms with Gasteiger partial charge in [-0.3, -0.25) is 4.79 Å². The van der Waals surface area contributed by atoms with Crippen molar-refractivity contribution in [2.75, 3.05) is 0 Å². The monoisotopic (exact) mass is 363 g/mol. The highest BCUT2D eigenvalue weighted by Gasteiger charge is 2.28. The molecule has 124 valence electrons. The molecule has 0 saturated heterocycles. The van der Waals surface area contributed by atoms with Gasteiger partial charge in [-0.2, -0.15) is 0 Å². The van der Waals surface area contributed by atoms with Gasteiger partial charge in [-0.25, -0.2) is 12.4 Å². The second kappa shape index (κ2) is 5.96. The lowest BCUT2D eigenvalue weighted by Gasteiger charge is -2.14. The lowest BCUT2D eigenvalue weighted by atomic mass is 10.1. The van der Waals surface area contributed by atoms with Gasteiger partial charge in [0.1, 0.15) is 0 Å². The Bertz CT molecular complexity index is 1030. The third-order valence-corrected chi connectivity index (χ3v) is 5.83. The molecule has 2 aromatic carbocycles. The Labute approximate surface area is 144 Å². The zero-order chi connectivity index (χ0) is 17.5. The molecule has 1 aromatic heterocycles. The molecule has 0 aliphatic carbocycles. The number of halogens is 1. The molecule has 7 heteroatoms. The van der Waals surface area contributed by atoms with E-state index in [1.165, 1.54) is 19.1 Å². The largest absolute Gasteiger partial charge is 0.481 e. The molecule has 0 bridgehead atoms. The van der Waals surface area contributed by atoms with Crippen molar-refractivity contribution in [1.29, 1.82) is 0 Å². The van der Waals surface area contributed by atoms with Crippen molar-refractivity contribution in [2.24, 2.45) is 0 Å². The van der Waals surface area contributed by atoms with Crippen molar-refractivity contribution >= 4 is 38.5 Å². The summed E-state index contributed by atoms with van der Waals surface area (Å²) in [6.45, 7) is 1.45. The maximum atomic E-state index is 13.1. The van der Waals surface area contributed by atoms with E-state index in [0.717, 1.165) is 3.97 Å². The number of carboxylic acid groups (broad SMARTS) is 1. The topological polar surface area (TPSA) is 76.4 Å². The molecule has 3 rings (SSSR count). The molecule has 1 N–H and O–H groups in total. The first-order chi connectivity index (χ1) is 11.3. The number of carbonyl (C=O) groups is 1. The van der Waals surface area contributed by atoms with Crippen LogP contribution < -0.4 is 0 Å². The fourth-order valence-electron chi connectivity index (χ4n) is 2.58. The Morgan fingerprint density at radius 3 is 2.42 bits per heavy atom. The van der Waals surface area contributed by atoms with Crippen molar-refractivity contribution in [1.82, 2.24) is 3.97 Å². The van der Waals surface area contributed by atoms with Crippen LogP contribution in [0.15, 0.2) is 59.5 Å². The average molecular weight is 364 g/mol. The van der Waals surface area contributed by atoms with Gasteiger partial charge in [0.25, 0.3) is 10.0 Å². The molecule has 1 unspecified atom stereocenters. The van der Waals surface area contributed by atoms with E-state index < -0.39 is 21.9 Å². The predicted octanol–water partition coefficient (Wildman–Crippen LogP) is 3.72. The van der Waals surface area contributed by atoms with Gasteiger partial charge in [-0.05, 0) is 43.3 Å². The highest BCUT2D eigenvalue weighted by atomic mass is 35.5. The summed E-state index contributed by atoms with van der Waals surface area (Å²) in [4.78, 5) is 11.5. The smallest absolute Gasteiger partial charge is 0.312 e. The molecule has 0 saturated carbocycles. The lowest BCUT2D eigenvalue weighted by molar-refractivity contribution is -0.138. The van der Waals surface area contributed by atoms with Gasteiger partial charge >= 0.3 is 5.97 Å². The summed E-state index contributed by atoms with van der Waals surface area (Å²) in [7, 11) is -3.93. The molecule has 24 heavy (non-hydrogen) atoms. The molecule has 0 fully saturated rings. The number of fused-ring (bicyclic) bond motifs is 1. The van der Waals surface area contributed by atoms with Crippen molar-refractivity contribution in [3.63, 3.8) is 0 Å². The van der Waals surface area contributed by atoms with E-state index >= 15 is 0 Å². The first-order valence-corrected chi connectivity index (χ1v) is 8.98. The second-order valence-corrected chi connectivity index (χ2v) is 7.64. The molecule has 0 amide bonds. The van der Waals surface area contributed by atoms with Crippen LogP contribution in [0.25, 0.3) is 10.9 Å². The summed E-state index contributed by atoms with van der Waals surface area (Å²) >= 11 is 5.98. The number of rotatable bonds is 4. The Kier molecular flexibility index (Phi) is 4.11. The van der Waals surface area contributed by atoms with E-state index in [2.05, 4.69) is 0 Å². The number of aromatic nitrogens is 1. The van der Waals surface area contributed by atoms with Gasteiger partial charge in [-0.1, -0.05) is 29.8 Å². The summed E-state index contributed by atoms with van der Waals surface area (Å²) in [5, 5.41) is 10.4. The van der Waals surface area contributed by atoms with E-state index in [1.54, 1.807) is 42.5 Å². The Morgan fingerprint density at radius 2 is 1.79 bits per heavy atom. The Hall–Kier alpha value is -2.31. The standard InChI is InChI=1S/C17H14ClNO4S/c1-11(17(20)21)16-10-12-9-13(18)7-8-15(12)19(16)24(22,23)14-5-3-2-4-6-14/h2-11H,1H3,(H,20,21). The summed E-state index contributed by atoms with van der Waals surface area (Å²) in [6, 6.07) is 14.2. The molecule has 0 spiro atoms. The SMILES string of the molecule is CC(C(=O)O)c1cc2cc(Cl)ccc2n1S(=O)(=O)c1ccccc1. The molecule has 1 heterocycles. The average Bonchev–Trinajstić information content (AvgIpc) is 2.93. The first kappa shape index (κ1) is 16.5. The lowest BCUT2D eigenvalue weighted by Crippen LogP contribution is -2.19. The van der Waals surface area contributed by atoms with Gasteiger partial charge in [0.2, 0.25) is 0 Å². The third kappa shape index (κ3) is 2.68. The maximum absolute atomic E-state index is 13.1. The van der Waals surface area contributed by atoms with Crippen molar-refractivity contribution in [3.8, 4) is 0 Å². The van der Waals surface area contributed by atoms with E-state index in [0.29, 0.717) is 15.9 Å². The molecule has 0 aliphatic rings. The Balaban J connectivity index is 2.37. The minimum absolute atomic E-state index is 0.0938. The van der Waals surface area contributed by atoms with Crippen LogP contribution in [0.1, 0.15) is 18.5 Å². The van der Waals surface area contributed by atoms with E-state index in [4.69, 9.17) is 11.6 Å². The fraction of sp³-hybridized carbons (Fsp3) is 0.118. The molecule has 5 nitrogen and oxygen atoms in total. The van der Waals surface area contributed by atoms with Gasteiger partial charge < -0.3 is 5.11 Å². The zero-order valence-electron chi connectivity index (χ0n) is 12.7. The van der Waals surface area contributed by atoms with Crippen LogP contribution in [0.2, 0.25) is 5.02 Å². The number of aliphatic carboxylic acids is 1. The molecule has 0 radical (unpaired) electrons. The van der Waals surface area contributed by atoms with Crippen molar-refractivity contribution < 1.29 is 18.3 Å². The summed E-state index contributed by atoms with van der Waals surface area (Å²) in [5.74, 6) is -2.09. The van der Waals surface area contributed by atoms with Gasteiger partial charge in [0.05, 0.1) is 16.3 Å². The molecular formula is C17H14ClNO4S. The van der Waals surface area contributed by atoms with Crippen LogP contribution >= 0.6 is 11.6 Å². The minimum atomic E-state index is -3.93. The predicted molar refractivity (Wildman–Crippen MR) is 92.0 cm³/mol. The van der Waals surface area contributed by atoms with E-state index in [9.17, 15) is 18.3 Å².